The topological polar surface area (TPSA) is 69.6 Å². The molecule has 104 valence electrons. The summed E-state index contributed by atoms with van der Waals surface area (Å²) in [6.07, 6.45) is -6.19. The Kier molecular flexibility index (Phi) is 4.36. The van der Waals surface area contributed by atoms with E-state index in [0.717, 1.165) is 21.1 Å². The lowest BCUT2D eigenvalue weighted by Crippen LogP contribution is -2.50. The Balaban J connectivity index is 5.18. The zero-order chi connectivity index (χ0) is 14.3. The van der Waals surface area contributed by atoms with Crippen molar-refractivity contribution in [1.82, 2.24) is 0 Å². The van der Waals surface area contributed by atoms with Crippen molar-refractivity contribution in [2.75, 3.05) is 21.1 Å². The Morgan fingerprint density at radius 2 is 1.59 bits per heavy atom. The average Bonchev–Trinajstić information content (AvgIpc) is 1.95. The third kappa shape index (κ3) is 4.14. The molecule has 0 radical (unpaired) electrons. The van der Waals surface area contributed by atoms with Crippen LogP contribution < -0.4 is 4.89 Å². The summed E-state index contributed by atoms with van der Waals surface area (Å²) in [5.74, 6) is -9.80. The molecule has 2 atom stereocenters. The van der Waals surface area contributed by atoms with Gasteiger partial charge in [-0.1, -0.05) is 0 Å². The highest BCUT2D eigenvalue weighted by Crippen LogP contribution is 2.54. The number of hydrogen-bond acceptors (Lipinski definition) is 4. The van der Waals surface area contributed by atoms with Crippen molar-refractivity contribution in [3.8, 4) is 0 Å². The molecule has 1 N–H and O–H groups in total. The van der Waals surface area contributed by atoms with Crippen molar-refractivity contribution in [1.29, 1.82) is 0 Å². The standard InChI is InChI=1S/C6H11F5NO4P/c1-12(2,3)16-17(14,15)4(13)5(7,8)6(9,10)11/h4,13H,1-3H3. The van der Waals surface area contributed by atoms with Gasteiger partial charge in [-0.25, -0.2) is 0 Å². The van der Waals surface area contributed by atoms with Gasteiger partial charge in [-0.2, -0.15) is 31.2 Å². The molecule has 0 rings (SSSR count). The summed E-state index contributed by atoms with van der Waals surface area (Å²) in [4.78, 5) is 11.0. The van der Waals surface area contributed by atoms with Gasteiger partial charge >= 0.3 is 12.1 Å². The van der Waals surface area contributed by atoms with Crippen LogP contribution in [0.4, 0.5) is 22.0 Å². The van der Waals surface area contributed by atoms with E-state index in [1.54, 1.807) is 0 Å². The summed E-state index contributed by atoms with van der Waals surface area (Å²) in [7, 11) is -2.64. The van der Waals surface area contributed by atoms with E-state index in [4.69, 9.17) is 5.11 Å². The van der Waals surface area contributed by atoms with Crippen LogP contribution >= 0.6 is 7.60 Å². The summed E-state index contributed by atoms with van der Waals surface area (Å²) in [5.41, 5.74) is 0. The van der Waals surface area contributed by atoms with Gasteiger partial charge in [-0.05, 0) is 0 Å². The number of aliphatic hydroxyl groups is 1. The Morgan fingerprint density at radius 3 is 1.82 bits per heavy atom. The van der Waals surface area contributed by atoms with Gasteiger partial charge < -0.3 is 10.00 Å². The lowest BCUT2D eigenvalue weighted by atomic mass is 10.3. The van der Waals surface area contributed by atoms with Crippen LogP contribution in [-0.4, -0.2) is 48.8 Å². The minimum Gasteiger partial charge on any atom is -0.772 e. The zero-order valence-electron chi connectivity index (χ0n) is 9.03. The molecule has 0 saturated heterocycles. The van der Waals surface area contributed by atoms with Gasteiger partial charge in [0, 0.05) is 0 Å². The number of hydroxylamine groups is 3. The highest BCUT2D eigenvalue weighted by atomic mass is 31.2. The van der Waals surface area contributed by atoms with E-state index >= 15 is 0 Å². The minimum atomic E-state index is -6.19. The van der Waals surface area contributed by atoms with Crippen molar-refractivity contribution in [3.05, 3.63) is 0 Å². The second-order valence-corrected chi connectivity index (χ2v) is 5.74. The first-order chi connectivity index (χ1) is 7.11. The molecule has 0 aliphatic heterocycles. The number of halogens is 5. The molecule has 11 heteroatoms. The molecule has 0 saturated carbocycles. The van der Waals surface area contributed by atoms with Crippen molar-refractivity contribution in [2.45, 2.75) is 17.9 Å². The highest BCUT2D eigenvalue weighted by Gasteiger charge is 2.66. The molecule has 0 amide bonds. The van der Waals surface area contributed by atoms with Crippen molar-refractivity contribution in [2.24, 2.45) is 0 Å². The normalized spacial score (nSPS) is 19.9. The van der Waals surface area contributed by atoms with Crippen LogP contribution in [-0.2, 0) is 9.19 Å². The third-order valence-corrected chi connectivity index (χ3v) is 3.00. The molecule has 0 aromatic carbocycles. The van der Waals surface area contributed by atoms with Gasteiger partial charge in [0.15, 0.2) is 5.85 Å². The molecule has 0 spiro atoms. The third-order valence-electron chi connectivity index (χ3n) is 1.36. The SMILES string of the molecule is C[N+](C)(C)OP(=O)([O-])C(O)C(F)(F)C(F)(F)F. The van der Waals surface area contributed by atoms with Gasteiger partial charge in [-0.3, -0.25) is 4.57 Å². The summed E-state index contributed by atoms with van der Waals surface area (Å²) in [6, 6.07) is 0. The summed E-state index contributed by atoms with van der Waals surface area (Å²) >= 11 is 0. The number of aliphatic hydroxyl groups excluding tert-OH is 1. The molecular formula is C6H11F5NO4P. The van der Waals surface area contributed by atoms with E-state index < -0.39 is 30.2 Å². The number of rotatable bonds is 4. The number of alkyl halides is 5. The maximum atomic E-state index is 12.6. The van der Waals surface area contributed by atoms with Crippen LogP contribution in [0.1, 0.15) is 0 Å². The summed E-state index contributed by atoms with van der Waals surface area (Å²) in [6.45, 7) is 0. The van der Waals surface area contributed by atoms with Crippen LogP contribution in [0.5, 0.6) is 0 Å². The molecule has 2 unspecified atom stereocenters. The van der Waals surface area contributed by atoms with Gasteiger partial charge in [-0.15, -0.1) is 0 Å². The first-order valence-corrected chi connectivity index (χ1v) is 5.68. The van der Waals surface area contributed by atoms with Gasteiger partial charge in [0.05, 0.1) is 21.1 Å². The van der Waals surface area contributed by atoms with Crippen LogP contribution in [0.2, 0.25) is 0 Å². The number of quaternary nitrogens is 1. The Hall–Kier alpha value is -0.280. The molecule has 5 nitrogen and oxygen atoms in total. The van der Waals surface area contributed by atoms with Crippen LogP contribution in [0.15, 0.2) is 0 Å². The zero-order valence-corrected chi connectivity index (χ0v) is 9.93. The smallest absolute Gasteiger partial charge is 0.456 e. The van der Waals surface area contributed by atoms with Crippen molar-refractivity contribution < 1.29 is 45.8 Å². The van der Waals surface area contributed by atoms with E-state index in [2.05, 4.69) is 4.62 Å². The first-order valence-electron chi connectivity index (χ1n) is 4.07. The van der Waals surface area contributed by atoms with Crippen LogP contribution in [0.25, 0.3) is 0 Å². The number of hydrogen-bond donors (Lipinski definition) is 1. The maximum absolute atomic E-state index is 12.6. The van der Waals surface area contributed by atoms with E-state index in [-0.39, 0.29) is 0 Å². The van der Waals surface area contributed by atoms with E-state index in [1.165, 1.54) is 0 Å². The van der Waals surface area contributed by atoms with Gasteiger partial charge in [0.1, 0.15) is 0 Å². The van der Waals surface area contributed by atoms with Gasteiger partial charge in [0.2, 0.25) is 7.60 Å². The second kappa shape index (κ2) is 4.43. The Morgan fingerprint density at radius 1 is 1.24 bits per heavy atom. The lowest BCUT2D eigenvalue weighted by molar-refractivity contribution is -1.04. The highest BCUT2D eigenvalue weighted by molar-refractivity contribution is 7.51. The van der Waals surface area contributed by atoms with E-state index in [1.807, 2.05) is 0 Å². The molecule has 0 aromatic rings. The molecule has 0 aliphatic rings. The monoisotopic (exact) mass is 287 g/mol. The second-order valence-electron chi connectivity index (χ2n) is 4.01. The maximum Gasteiger partial charge on any atom is 0.456 e. The average molecular weight is 287 g/mol. The molecule has 0 aromatic heterocycles. The fourth-order valence-corrected chi connectivity index (χ4v) is 2.05. The molecule has 0 bridgehead atoms. The van der Waals surface area contributed by atoms with Gasteiger partial charge in [0.25, 0.3) is 0 Å². The van der Waals surface area contributed by atoms with Crippen LogP contribution in [0.3, 0.4) is 0 Å². The fourth-order valence-electron chi connectivity index (χ4n) is 0.731. The predicted molar refractivity (Wildman–Crippen MR) is 43.7 cm³/mol. The molecule has 0 aliphatic carbocycles. The van der Waals surface area contributed by atoms with Crippen molar-refractivity contribution >= 4 is 7.60 Å². The van der Waals surface area contributed by atoms with E-state index in [0.29, 0.717) is 0 Å². The quantitative estimate of drug-likeness (QED) is 0.357. The molecule has 0 fully saturated rings. The van der Waals surface area contributed by atoms with E-state index in [9.17, 15) is 31.4 Å². The fraction of sp³-hybridized carbons (Fsp3) is 1.00. The largest absolute Gasteiger partial charge is 0.772 e. The Labute approximate surface area is 93.5 Å². The van der Waals surface area contributed by atoms with Crippen LogP contribution in [0, 0.1) is 0 Å². The molecule has 0 heterocycles. The number of nitrogens with zero attached hydrogens (tertiary/aromatic N) is 1. The molecule has 17 heavy (non-hydrogen) atoms. The minimum absolute atomic E-state index is 0.897. The summed E-state index contributed by atoms with van der Waals surface area (Å²) < 4.78 is 74.6. The predicted octanol–water partition coefficient (Wildman–Crippen LogP) is 0.694. The lowest BCUT2D eigenvalue weighted by Gasteiger charge is -2.36. The summed E-state index contributed by atoms with van der Waals surface area (Å²) in [5, 5.41) is 8.62. The molecular weight excluding hydrogens is 276 g/mol. The first kappa shape index (κ1) is 16.7. The Bertz CT molecular complexity index is 325. The van der Waals surface area contributed by atoms with Crippen molar-refractivity contribution in [3.63, 3.8) is 0 Å².